The molecule has 2 N–H and O–H groups in total. The molecule has 3 heterocycles. The number of benzene rings is 2. The van der Waals surface area contributed by atoms with Gasteiger partial charge in [-0.3, -0.25) is 4.98 Å². The lowest BCUT2D eigenvalue weighted by atomic mass is 10.1. The Labute approximate surface area is 125 Å². The van der Waals surface area contributed by atoms with E-state index in [0.717, 1.165) is 38.7 Å². The predicted octanol–water partition coefficient (Wildman–Crippen LogP) is 4.36. The molecule has 0 aliphatic heterocycles. The Hall–Kier alpha value is -3.01. The second-order valence-corrected chi connectivity index (χ2v) is 5.48. The minimum atomic E-state index is 0.842. The van der Waals surface area contributed by atoms with Gasteiger partial charge in [0.25, 0.3) is 0 Å². The average molecular weight is 287 g/mol. The van der Waals surface area contributed by atoms with E-state index in [1.807, 2.05) is 30.5 Å². The van der Waals surface area contributed by atoms with E-state index < -0.39 is 0 Å². The topological polar surface area (TPSA) is 53.7 Å². The van der Waals surface area contributed by atoms with Gasteiger partial charge in [-0.1, -0.05) is 18.2 Å². The van der Waals surface area contributed by atoms with Gasteiger partial charge < -0.3 is 14.7 Å². The highest BCUT2D eigenvalue weighted by molar-refractivity contribution is 6.22. The number of nitrogens with zero attached hydrogens (tertiary/aromatic N) is 1. The molecule has 2 aromatic carbocycles. The van der Waals surface area contributed by atoms with Gasteiger partial charge in [0.15, 0.2) is 0 Å². The van der Waals surface area contributed by atoms with Crippen molar-refractivity contribution in [2.45, 2.75) is 0 Å². The second kappa shape index (κ2) is 4.01. The summed E-state index contributed by atoms with van der Waals surface area (Å²) < 4.78 is 5.34. The second-order valence-electron chi connectivity index (χ2n) is 5.48. The molecule has 0 aliphatic rings. The Bertz CT molecular complexity index is 1170. The van der Waals surface area contributed by atoms with Crippen molar-refractivity contribution in [2.24, 2.45) is 0 Å². The van der Waals surface area contributed by atoms with E-state index in [-0.39, 0.29) is 0 Å². The van der Waals surface area contributed by atoms with Crippen LogP contribution in [0.3, 0.4) is 0 Å². The Morgan fingerprint density at radius 1 is 0.909 bits per heavy atom. The zero-order valence-corrected chi connectivity index (χ0v) is 12.0. The summed E-state index contributed by atoms with van der Waals surface area (Å²) in [4.78, 5) is 11.6. The van der Waals surface area contributed by atoms with Crippen LogP contribution in [0, 0.1) is 0 Å². The van der Waals surface area contributed by atoms with Crippen LogP contribution in [0.5, 0.6) is 5.75 Å². The maximum atomic E-state index is 5.34. The number of rotatable bonds is 1. The van der Waals surface area contributed by atoms with Gasteiger partial charge in [0.05, 0.1) is 29.9 Å². The van der Waals surface area contributed by atoms with Crippen molar-refractivity contribution >= 4 is 43.7 Å². The summed E-state index contributed by atoms with van der Waals surface area (Å²) >= 11 is 0. The monoisotopic (exact) mass is 287 g/mol. The number of fused-ring (bicyclic) bond motifs is 7. The zero-order chi connectivity index (χ0) is 14.7. The first-order chi connectivity index (χ1) is 10.8. The number of nitrogens with one attached hydrogen (secondary N) is 2. The van der Waals surface area contributed by atoms with Crippen molar-refractivity contribution in [3.8, 4) is 5.75 Å². The largest absolute Gasteiger partial charge is 0.497 e. The molecule has 0 saturated heterocycles. The molecule has 4 heteroatoms. The first-order valence-electron chi connectivity index (χ1n) is 7.20. The van der Waals surface area contributed by atoms with E-state index in [0.29, 0.717) is 0 Å². The molecule has 0 spiro atoms. The van der Waals surface area contributed by atoms with E-state index in [1.165, 1.54) is 10.8 Å². The third-order valence-electron chi connectivity index (χ3n) is 4.29. The van der Waals surface area contributed by atoms with E-state index in [4.69, 9.17) is 4.74 Å². The molecule has 5 aromatic rings. The molecular weight excluding hydrogens is 274 g/mol. The number of aromatic nitrogens is 3. The lowest BCUT2D eigenvalue weighted by Gasteiger charge is -1.98. The number of aromatic amines is 2. The smallest absolute Gasteiger partial charge is 0.119 e. The number of pyridine rings is 1. The van der Waals surface area contributed by atoms with Crippen LogP contribution < -0.4 is 4.74 Å². The van der Waals surface area contributed by atoms with Gasteiger partial charge >= 0.3 is 0 Å². The summed E-state index contributed by atoms with van der Waals surface area (Å²) in [6.45, 7) is 0. The molecule has 5 rings (SSSR count). The number of hydrogen-bond acceptors (Lipinski definition) is 2. The van der Waals surface area contributed by atoms with E-state index in [9.17, 15) is 0 Å². The van der Waals surface area contributed by atoms with Crippen LogP contribution in [-0.2, 0) is 0 Å². The molecule has 4 nitrogen and oxygen atoms in total. The molecule has 0 amide bonds. The molecule has 0 bridgehead atoms. The maximum Gasteiger partial charge on any atom is 0.119 e. The number of methoxy groups -OCH3 is 1. The maximum absolute atomic E-state index is 5.34. The Balaban J connectivity index is 2.03. The fourth-order valence-electron chi connectivity index (χ4n) is 3.26. The summed E-state index contributed by atoms with van der Waals surface area (Å²) in [5.74, 6) is 0.842. The minimum Gasteiger partial charge on any atom is -0.497 e. The lowest BCUT2D eigenvalue weighted by molar-refractivity contribution is 0.415. The fraction of sp³-hybridized carbons (Fsp3) is 0.0556. The van der Waals surface area contributed by atoms with Gasteiger partial charge in [-0.05, 0) is 24.3 Å². The molecule has 0 atom stereocenters. The first kappa shape index (κ1) is 11.6. The molecular formula is C18H13N3O. The van der Waals surface area contributed by atoms with Crippen LogP contribution in [0.1, 0.15) is 0 Å². The molecule has 0 aliphatic carbocycles. The normalized spacial score (nSPS) is 11.9. The quantitative estimate of drug-likeness (QED) is 0.481. The molecule has 22 heavy (non-hydrogen) atoms. The predicted molar refractivity (Wildman–Crippen MR) is 89.5 cm³/mol. The molecule has 3 aromatic heterocycles. The number of H-pyrrole nitrogens is 2. The van der Waals surface area contributed by atoms with Gasteiger partial charge in [0, 0.05) is 27.2 Å². The van der Waals surface area contributed by atoms with Crippen molar-refractivity contribution in [1.29, 1.82) is 0 Å². The van der Waals surface area contributed by atoms with Crippen molar-refractivity contribution in [3.05, 3.63) is 48.7 Å². The Kier molecular flexibility index (Phi) is 2.12. The van der Waals surface area contributed by atoms with Crippen molar-refractivity contribution in [2.75, 3.05) is 7.11 Å². The van der Waals surface area contributed by atoms with Gasteiger partial charge in [-0.15, -0.1) is 0 Å². The zero-order valence-electron chi connectivity index (χ0n) is 12.0. The number of hydrogen-bond donors (Lipinski definition) is 2. The molecule has 0 saturated carbocycles. The van der Waals surface area contributed by atoms with Crippen LogP contribution in [0.2, 0.25) is 0 Å². The van der Waals surface area contributed by atoms with Gasteiger partial charge in [0.1, 0.15) is 5.75 Å². The summed E-state index contributed by atoms with van der Waals surface area (Å²) in [7, 11) is 1.68. The van der Waals surface area contributed by atoms with E-state index >= 15 is 0 Å². The van der Waals surface area contributed by atoms with E-state index in [1.54, 1.807) is 7.11 Å². The van der Waals surface area contributed by atoms with Crippen molar-refractivity contribution in [1.82, 2.24) is 15.0 Å². The van der Waals surface area contributed by atoms with E-state index in [2.05, 4.69) is 33.2 Å². The molecule has 0 fully saturated rings. The van der Waals surface area contributed by atoms with Gasteiger partial charge in [-0.25, -0.2) is 0 Å². The van der Waals surface area contributed by atoms with Gasteiger partial charge in [-0.2, -0.15) is 0 Å². The molecule has 0 unspecified atom stereocenters. The van der Waals surface area contributed by atoms with Crippen LogP contribution in [0.4, 0.5) is 0 Å². The van der Waals surface area contributed by atoms with Crippen LogP contribution in [0.15, 0.2) is 48.7 Å². The highest BCUT2D eigenvalue weighted by Crippen LogP contribution is 2.34. The lowest BCUT2D eigenvalue weighted by Crippen LogP contribution is -1.81. The third kappa shape index (κ3) is 1.39. The summed E-state index contributed by atoms with van der Waals surface area (Å²) in [6.07, 6.45) is 1.91. The highest BCUT2D eigenvalue weighted by atomic mass is 16.5. The Morgan fingerprint density at radius 2 is 1.77 bits per heavy atom. The third-order valence-corrected chi connectivity index (χ3v) is 4.29. The van der Waals surface area contributed by atoms with Crippen LogP contribution in [0.25, 0.3) is 43.7 Å². The molecule has 0 radical (unpaired) electrons. The van der Waals surface area contributed by atoms with Crippen LogP contribution in [-0.4, -0.2) is 22.1 Å². The number of ether oxygens (including phenoxy) is 1. The average Bonchev–Trinajstić information content (AvgIpc) is 3.11. The Morgan fingerprint density at radius 3 is 2.68 bits per heavy atom. The summed E-state index contributed by atoms with van der Waals surface area (Å²) in [6, 6.07) is 14.4. The van der Waals surface area contributed by atoms with Crippen molar-refractivity contribution < 1.29 is 4.74 Å². The standard InChI is InChI=1S/C18H13N3O/c1-22-10-6-7-14-12(8-10)17-18(21-14)16-11-4-2-3-5-13(11)20-15(16)9-19-17/h2-9,20-21H,1H3. The van der Waals surface area contributed by atoms with Crippen LogP contribution >= 0.6 is 0 Å². The highest BCUT2D eigenvalue weighted by Gasteiger charge is 2.13. The number of para-hydroxylation sites is 1. The first-order valence-corrected chi connectivity index (χ1v) is 7.20. The molecule has 106 valence electrons. The SMILES string of the molecule is COc1ccc2[nH]c3c(ncc4[nH]c5ccccc5c43)c2c1. The summed E-state index contributed by atoms with van der Waals surface area (Å²) in [5, 5.41) is 3.49. The minimum absolute atomic E-state index is 0.842. The van der Waals surface area contributed by atoms with Crippen molar-refractivity contribution in [3.63, 3.8) is 0 Å². The summed E-state index contributed by atoms with van der Waals surface area (Å²) in [5.41, 5.74) is 5.29. The fourth-order valence-corrected chi connectivity index (χ4v) is 3.26. The van der Waals surface area contributed by atoms with Gasteiger partial charge in [0.2, 0.25) is 0 Å².